The summed E-state index contributed by atoms with van der Waals surface area (Å²) in [4.78, 5) is 14.8. The molecule has 18 heavy (non-hydrogen) atoms. The van der Waals surface area contributed by atoms with E-state index in [-0.39, 0.29) is 6.04 Å². The molecule has 1 heterocycles. The van der Waals surface area contributed by atoms with Crippen LogP contribution < -0.4 is 5.32 Å². The maximum atomic E-state index is 12.4. The Labute approximate surface area is 110 Å². The van der Waals surface area contributed by atoms with Crippen molar-refractivity contribution in [2.45, 2.75) is 64.0 Å². The van der Waals surface area contributed by atoms with Gasteiger partial charge in [-0.2, -0.15) is 0 Å². The van der Waals surface area contributed by atoms with Crippen LogP contribution in [-0.4, -0.2) is 36.0 Å². The summed E-state index contributed by atoms with van der Waals surface area (Å²) in [7, 11) is 0. The predicted octanol–water partition coefficient (Wildman–Crippen LogP) is 2.17. The molecule has 0 aromatic rings. The van der Waals surface area contributed by atoms with E-state index in [0.717, 1.165) is 37.8 Å². The fraction of sp³-hybridized carbons (Fsp3) is 0.933. The van der Waals surface area contributed by atoms with E-state index in [9.17, 15) is 4.79 Å². The highest BCUT2D eigenvalue weighted by Gasteiger charge is 2.41. The Balaban J connectivity index is 1.54. The topological polar surface area (TPSA) is 32.3 Å². The number of carbonyl (C=O) groups excluding carboxylic acids is 1. The molecule has 3 fully saturated rings. The Hall–Kier alpha value is -0.570. The molecule has 0 radical (unpaired) electrons. The number of carbonyl (C=O) groups is 1. The Bertz CT molecular complexity index is 318. The number of nitrogens with one attached hydrogen (secondary N) is 1. The van der Waals surface area contributed by atoms with Crippen molar-refractivity contribution in [2.75, 3.05) is 13.1 Å². The third kappa shape index (κ3) is 2.29. The second-order valence-corrected chi connectivity index (χ2v) is 6.48. The lowest BCUT2D eigenvalue weighted by molar-refractivity contribution is -0.126. The standard InChI is InChI=1S/C15H26N2O/c1-2-7-17-8-3-4-14(17)15(18)16-13-10-11-5-6-12(13)9-11/h11-14H,2-10H2,1H3,(H,16,18)/t11-,12+,13-,14+/m0/s1. The minimum absolute atomic E-state index is 0.170. The minimum Gasteiger partial charge on any atom is -0.352 e. The van der Waals surface area contributed by atoms with Gasteiger partial charge in [-0.25, -0.2) is 0 Å². The van der Waals surface area contributed by atoms with Crippen molar-refractivity contribution in [3.63, 3.8) is 0 Å². The lowest BCUT2D eigenvalue weighted by Gasteiger charge is -2.28. The van der Waals surface area contributed by atoms with Gasteiger partial charge in [0.2, 0.25) is 5.91 Å². The van der Waals surface area contributed by atoms with Crippen molar-refractivity contribution in [1.82, 2.24) is 10.2 Å². The Morgan fingerprint density at radius 3 is 2.83 bits per heavy atom. The van der Waals surface area contributed by atoms with Crippen LogP contribution >= 0.6 is 0 Å². The predicted molar refractivity (Wildman–Crippen MR) is 72.3 cm³/mol. The Morgan fingerprint density at radius 1 is 1.28 bits per heavy atom. The Morgan fingerprint density at radius 2 is 2.17 bits per heavy atom. The fourth-order valence-corrected chi connectivity index (χ4v) is 4.38. The minimum atomic E-state index is 0.170. The van der Waals surface area contributed by atoms with Gasteiger partial charge in [0.1, 0.15) is 0 Å². The van der Waals surface area contributed by atoms with Crippen molar-refractivity contribution < 1.29 is 4.79 Å². The van der Waals surface area contributed by atoms with Crippen molar-refractivity contribution in [2.24, 2.45) is 11.8 Å². The molecule has 0 aromatic heterocycles. The highest BCUT2D eigenvalue weighted by Crippen LogP contribution is 2.44. The summed E-state index contributed by atoms with van der Waals surface area (Å²) in [6.45, 7) is 4.39. The summed E-state index contributed by atoms with van der Waals surface area (Å²) in [5.74, 6) is 2.02. The number of nitrogens with zero attached hydrogens (tertiary/aromatic N) is 1. The molecule has 102 valence electrons. The van der Waals surface area contributed by atoms with Crippen molar-refractivity contribution in [1.29, 1.82) is 0 Å². The van der Waals surface area contributed by atoms with Gasteiger partial charge < -0.3 is 5.32 Å². The highest BCUT2D eigenvalue weighted by atomic mass is 16.2. The summed E-state index contributed by atoms with van der Waals surface area (Å²) >= 11 is 0. The zero-order valence-electron chi connectivity index (χ0n) is 11.5. The molecule has 2 saturated carbocycles. The first kappa shape index (κ1) is 12.5. The van der Waals surface area contributed by atoms with Crippen molar-refractivity contribution in [3.05, 3.63) is 0 Å². The monoisotopic (exact) mass is 250 g/mol. The molecule has 1 amide bonds. The average molecular weight is 250 g/mol. The molecule has 1 aliphatic heterocycles. The van der Waals surface area contributed by atoms with E-state index >= 15 is 0 Å². The fourth-order valence-electron chi connectivity index (χ4n) is 4.38. The van der Waals surface area contributed by atoms with E-state index in [1.165, 1.54) is 32.1 Å². The average Bonchev–Trinajstić information content (AvgIpc) is 3.04. The van der Waals surface area contributed by atoms with Crippen molar-refractivity contribution in [3.8, 4) is 0 Å². The summed E-state index contributed by atoms with van der Waals surface area (Å²) in [5, 5.41) is 3.36. The molecule has 0 spiro atoms. The van der Waals surface area contributed by atoms with E-state index in [4.69, 9.17) is 0 Å². The van der Waals surface area contributed by atoms with Gasteiger partial charge in [0.05, 0.1) is 6.04 Å². The number of hydrogen-bond acceptors (Lipinski definition) is 2. The van der Waals surface area contributed by atoms with E-state index in [2.05, 4.69) is 17.1 Å². The zero-order valence-corrected chi connectivity index (χ0v) is 11.5. The van der Waals surface area contributed by atoms with E-state index in [1.807, 2.05) is 0 Å². The lowest BCUT2D eigenvalue weighted by Crippen LogP contribution is -2.48. The first-order valence-corrected chi connectivity index (χ1v) is 7.82. The highest BCUT2D eigenvalue weighted by molar-refractivity contribution is 5.82. The number of fused-ring (bicyclic) bond motifs is 2. The molecule has 0 aromatic carbocycles. The second kappa shape index (κ2) is 5.20. The number of hydrogen-bond donors (Lipinski definition) is 1. The summed E-state index contributed by atoms with van der Waals surface area (Å²) < 4.78 is 0. The van der Waals surface area contributed by atoms with Crippen LogP contribution in [0.5, 0.6) is 0 Å². The van der Waals surface area contributed by atoms with Crippen LogP contribution in [0.4, 0.5) is 0 Å². The maximum absolute atomic E-state index is 12.4. The molecule has 4 atom stereocenters. The van der Waals surface area contributed by atoms with Crippen LogP contribution in [0.3, 0.4) is 0 Å². The molecule has 2 aliphatic carbocycles. The van der Waals surface area contributed by atoms with Crippen molar-refractivity contribution >= 4 is 5.91 Å². The van der Waals surface area contributed by atoms with Crippen LogP contribution in [0.1, 0.15) is 51.9 Å². The van der Waals surface area contributed by atoms with Gasteiger partial charge in [-0.15, -0.1) is 0 Å². The molecule has 0 unspecified atom stereocenters. The van der Waals surface area contributed by atoms with Gasteiger partial charge in [-0.05, 0) is 63.5 Å². The summed E-state index contributed by atoms with van der Waals surface area (Å²) in [6.07, 6.45) is 8.77. The second-order valence-electron chi connectivity index (χ2n) is 6.48. The summed E-state index contributed by atoms with van der Waals surface area (Å²) in [5.41, 5.74) is 0. The molecule has 3 rings (SSSR count). The van der Waals surface area contributed by atoms with Crippen LogP contribution in [0.2, 0.25) is 0 Å². The third-order valence-corrected chi connectivity index (χ3v) is 5.24. The van der Waals surface area contributed by atoms with E-state index in [1.54, 1.807) is 0 Å². The molecular formula is C15H26N2O. The molecular weight excluding hydrogens is 224 g/mol. The number of likely N-dealkylation sites (tertiary alicyclic amines) is 1. The van der Waals surface area contributed by atoms with Crippen LogP contribution in [0, 0.1) is 11.8 Å². The third-order valence-electron chi connectivity index (χ3n) is 5.24. The Kier molecular flexibility index (Phi) is 3.60. The lowest BCUT2D eigenvalue weighted by atomic mass is 9.95. The zero-order chi connectivity index (χ0) is 12.5. The SMILES string of the molecule is CCCN1CCC[C@@H]1C(=O)N[C@H]1C[C@H]2CC[C@@H]1C2. The molecule has 3 aliphatic rings. The first-order chi connectivity index (χ1) is 8.78. The van der Waals surface area contributed by atoms with E-state index < -0.39 is 0 Å². The van der Waals surface area contributed by atoms with Gasteiger partial charge >= 0.3 is 0 Å². The maximum Gasteiger partial charge on any atom is 0.237 e. The van der Waals surface area contributed by atoms with Crippen LogP contribution in [0.25, 0.3) is 0 Å². The number of amides is 1. The van der Waals surface area contributed by atoms with Gasteiger partial charge in [-0.1, -0.05) is 13.3 Å². The largest absolute Gasteiger partial charge is 0.352 e. The van der Waals surface area contributed by atoms with Gasteiger partial charge in [0.15, 0.2) is 0 Å². The summed E-state index contributed by atoms with van der Waals surface area (Å²) in [6, 6.07) is 0.671. The van der Waals surface area contributed by atoms with Crippen LogP contribution in [0.15, 0.2) is 0 Å². The molecule has 2 bridgehead atoms. The van der Waals surface area contributed by atoms with E-state index in [0.29, 0.717) is 11.9 Å². The molecule has 3 heteroatoms. The quantitative estimate of drug-likeness (QED) is 0.829. The molecule has 1 saturated heterocycles. The van der Waals surface area contributed by atoms with Gasteiger partial charge in [0, 0.05) is 6.04 Å². The molecule has 3 nitrogen and oxygen atoms in total. The first-order valence-electron chi connectivity index (χ1n) is 7.82. The van der Waals surface area contributed by atoms with Gasteiger partial charge in [-0.3, -0.25) is 9.69 Å². The van der Waals surface area contributed by atoms with Crippen LogP contribution in [-0.2, 0) is 4.79 Å². The smallest absolute Gasteiger partial charge is 0.237 e. The molecule has 1 N–H and O–H groups in total. The number of rotatable bonds is 4. The van der Waals surface area contributed by atoms with Gasteiger partial charge in [0.25, 0.3) is 0 Å². The normalized spacial score (nSPS) is 39.4.